The number of rotatable bonds is 5. The Morgan fingerprint density at radius 1 is 1.42 bits per heavy atom. The molecule has 7 heteroatoms. The van der Waals surface area contributed by atoms with Gasteiger partial charge in [0.15, 0.2) is 11.7 Å². The lowest BCUT2D eigenvalue weighted by Crippen LogP contribution is -2.00. The van der Waals surface area contributed by atoms with Crippen molar-refractivity contribution in [2.45, 2.75) is 12.8 Å². The number of aromatic nitrogens is 1. The maximum atomic E-state index is 13.3. The van der Waals surface area contributed by atoms with E-state index >= 15 is 0 Å². The molecular formula is C12H12FN3O3. The molecule has 0 spiro atoms. The zero-order valence-electron chi connectivity index (χ0n) is 10.0. The molecule has 0 saturated carbocycles. The largest absolute Gasteiger partial charge is 0.441 e. The highest BCUT2D eigenvalue weighted by atomic mass is 19.1. The Morgan fingerprint density at radius 2 is 2.21 bits per heavy atom. The summed E-state index contributed by atoms with van der Waals surface area (Å²) in [5.74, 6) is 0.0890. The topological polar surface area (TPSA) is 95.2 Å². The van der Waals surface area contributed by atoms with Crippen LogP contribution in [0, 0.1) is 15.9 Å². The van der Waals surface area contributed by atoms with E-state index in [0.29, 0.717) is 24.6 Å². The highest BCUT2D eigenvalue weighted by Crippen LogP contribution is 2.26. The molecular weight excluding hydrogens is 253 g/mol. The second-order valence-corrected chi connectivity index (χ2v) is 3.97. The summed E-state index contributed by atoms with van der Waals surface area (Å²) in [6.45, 7) is 0.517. The van der Waals surface area contributed by atoms with Crippen molar-refractivity contribution in [2.24, 2.45) is 5.73 Å². The van der Waals surface area contributed by atoms with Gasteiger partial charge in [-0.05, 0) is 19.0 Å². The standard InChI is InChI=1S/C12H12FN3O3/c13-9-4-8(5-10(6-9)16(17)18)11-7-15-12(19-11)2-1-3-14/h4-7H,1-3,14H2. The molecule has 0 saturated heterocycles. The molecule has 0 bridgehead atoms. The van der Waals surface area contributed by atoms with Gasteiger partial charge in [0.2, 0.25) is 0 Å². The van der Waals surface area contributed by atoms with Crippen LogP contribution in [0.15, 0.2) is 28.8 Å². The highest BCUT2D eigenvalue weighted by molar-refractivity contribution is 5.60. The highest BCUT2D eigenvalue weighted by Gasteiger charge is 2.14. The molecule has 0 fully saturated rings. The van der Waals surface area contributed by atoms with Crippen LogP contribution in [0.1, 0.15) is 12.3 Å². The number of nitro groups is 1. The SMILES string of the molecule is NCCCc1ncc(-c2cc(F)cc([N+](=O)[O-])c2)o1. The van der Waals surface area contributed by atoms with Crippen LogP contribution in [0.4, 0.5) is 10.1 Å². The first-order valence-corrected chi connectivity index (χ1v) is 5.70. The number of nitrogens with two attached hydrogens (primary N) is 1. The third-order valence-corrected chi connectivity index (χ3v) is 2.53. The number of nitrogens with zero attached hydrogens (tertiary/aromatic N) is 2. The molecule has 0 unspecified atom stereocenters. The number of non-ortho nitro benzene ring substituents is 1. The Bertz CT molecular complexity index is 598. The number of aryl methyl sites for hydroxylation is 1. The van der Waals surface area contributed by atoms with Gasteiger partial charge in [-0.1, -0.05) is 0 Å². The van der Waals surface area contributed by atoms with Gasteiger partial charge in [0.1, 0.15) is 5.82 Å². The average molecular weight is 265 g/mol. The van der Waals surface area contributed by atoms with Crippen molar-refractivity contribution in [3.63, 3.8) is 0 Å². The number of halogens is 1. The molecule has 0 amide bonds. The predicted octanol–water partition coefficient (Wildman–Crippen LogP) is 2.28. The van der Waals surface area contributed by atoms with Crippen molar-refractivity contribution >= 4 is 5.69 Å². The van der Waals surface area contributed by atoms with Crippen molar-refractivity contribution in [3.8, 4) is 11.3 Å². The van der Waals surface area contributed by atoms with E-state index in [0.717, 1.165) is 12.5 Å². The summed E-state index contributed by atoms with van der Waals surface area (Å²) in [4.78, 5) is 14.0. The van der Waals surface area contributed by atoms with Crippen molar-refractivity contribution < 1.29 is 13.7 Å². The number of hydrogen-bond acceptors (Lipinski definition) is 5. The van der Waals surface area contributed by atoms with E-state index in [1.165, 1.54) is 18.3 Å². The van der Waals surface area contributed by atoms with E-state index in [2.05, 4.69) is 4.98 Å². The molecule has 1 aromatic carbocycles. The van der Waals surface area contributed by atoms with Gasteiger partial charge in [-0.2, -0.15) is 0 Å². The zero-order chi connectivity index (χ0) is 13.8. The molecule has 0 aliphatic heterocycles. The zero-order valence-corrected chi connectivity index (χ0v) is 10.0. The second kappa shape index (κ2) is 5.57. The van der Waals surface area contributed by atoms with Gasteiger partial charge in [0.05, 0.1) is 17.2 Å². The van der Waals surface area contributed by atoms with Gasteiger partial charge in [-0.15, -0.1) is 0 Å². The normalized spacial score (nSPS) is 10.6. The van der Waals surface area contributed by atoms with Crippen LogP contribution in [0.3, 0.4) is 0 Å². The monoisotopic (exact) mass is 265 g/mol. The molecule has 0 radical (unpaired) electrons. The summed E-state index contributed by atoms with van der Waals surface area (Å²) >= 11 is 0. The maximum absolute atomic E-state index is 13.3. The molecule has 100 valence electrons. The fraction of sp³-hybridized carbons (Fsp3) is 0.250. The average Bonchev–Trinajstić information content (AvgIpc) is 2.84. The van der Waals surface area contributed by atoms with Crippen LogP contribution in [-0.2, 0) is 6.42 Å². The Balaban J connectivity index is 2.30. The van der Waals surface area contributed by atoms with E-state index in [-0.39, 0.29) is 11.3 Å². The fourth-order valence-corrected chi connectivity index (χ4v) is 1.63. The minimum atomic E-state index is -0.691. The Labute approximate surface area is 108 Å². The van der Waals surface area contributed by atoms with Crippen LogP contribution in [0.25, 0.3) is 11.3 Å². The Kier molecular flexibility index (Phi) is 3.86. The third kappa shape index (κ3) is 3.14. The molecule has 0 aliphatic carbocycles. The fourth-order valence-electron chi connectivity index (χ4n) is 1.63. The summed E-state index contributed by atoms with van der Waals surface area (Å²) in [6.07, 6.45) is 2.72. The van der Waals surface area contributed by atoms with Crippen LogP contribution in [0.5, 0.6) is 0 Å². The summed E-state index contributed by atoms with van der Waals surface area (Å²) < 4.78 is 18.7. The lowest BCUT2D eigenvalue weighted by Gasteiger charge is -1.98. The van der Waals surface area contributed by atoms with E-state index < -0.39 is 10.7 Å². The van der Waals surface area contributed by atoms with Gasteiger partial charge >= 0.3 is 0 Å². The first-order valence-electron chi connectivity index (χ1n) is 5.70. The molecule has 1 aromatic heterocycles. The minimum Gasteiger partial charge on any atom is -0.441 e. The van der Waals surface area contributed by atoms with Gasteiger partial charge < -0.3 is 10.2 Å². The summed E-state index contributed by atoms with van der Waals surface area (Å²) in [7, 11) is 0. The van der Waals surface area contributed by atoms with E-state index in [1.807, 2.05) is 0 Å². The summed E-state index contributed by atoms with van der Waals surface area (Å²) in [5, 5.41) is 10.7. The van der Waals surface area contributed by atoms with Crippen LogP contribution >= 0.6 is 0 Å². The number of oxazole rings is 1. The molecule has 2 N–H and O–H groups in total. The van der Waals surface area contributed by atoms with Crippen LogP contribution in [-0.4, -0.2) is 16.5 Å². The summed E-state index contributed by atoms with van der Waals surface area (Å²) in [6, 6.07) is 3.27. The Morgan fingerprint density at radius 3 is 2.89 bits per heavy atom. The van der Waals surface area contributed by atoms with E-state index in [1.54, 1.807) is 0 Å². The first-order chi connectivity index (χ1) is 9.10. The van der Waals surface area contributed by atoms with Gasteiger partial charge in [-0.3, -0.25) is 10.1 Å². The van der Waals surface area contributed by atoms with Gasteiger partial charge in [0, 0.05) is 18.1 Å². The molecule has 6 nitrogen and oxygen atoms in total. The van der Waals surface area contributed by atoms with E-state index in [4.69, 9.17) is 10.2 Å². The maximum Gasteiger partial charge on any atom is 0.273 e. The molecule has 0 atom stereocenters. The molecule has 2 aromatic rings. The first kappa shape index (κ1) is 13.2. The van der Waals surface area contributed by atoms with Gasteiger partial charge in [0.25, 0.3) is 5.69 Å². The minimum absolute atomic E-state index is 0.290. The number of hydrogen-bond donors (Lipinski definition) is 1. The lowest BCUT2D eigenvalue weighted by atomic mass is 10.1. The quantitative estimate of drug-likeness (QED) is 0.661. The summed E-state index contributed by atoms with van der Waals surface area (Å²) in [5.41, 5.74) is 5.34. The van der Waals surface area contributed by atoms with E-state index in [9.17, 15) is 14.5 Å². The van der Waals surface area contributed by atoms with Crippen LogP contribution in [0.2, 0.25) is 0 Å². The number of benzene rings is 1. The molecule has 2 rings (SSSR count). The third-order valence-electron chi connectivity index (χ3n) is 2.53. The second-order valence-electron chi connectivity index (χ2n) is 3.97. The smallest absolute Gasteiger partial charge is 0.273 e. The van der Waals surface area contributed by atoms with Crippen molar-refractivity contribution in [2.75, 3.05) is 6.54 Å². The van der Waals surface area contributed by atoms with Crippen LogP contribution < -0.4 is 5.73 Å². The predicted molar refractivity (Wildman–Crippen MR) is 65.9 cm³/mol. The molecule has 0 aliphatic rings. The molecule has 1 heterocycles. The van der Waals surface area contributed by atoms with Gasteiger partial charge in [-0.25, -0.2) is 9.37 Å². The lowest BCUT2D eigenvalue weighted by molar-refractivity contribution is -0.385. The van der Waals surface area contributed by atoms with Crippen molar-refractivity contribution in [1.82, 2.24) is 4.98 Å². The van der Waals surface area contributed by atoms with Crippen molar-refractivity contribution in [1.29, 1.82) is 0 Å². The van der Waals surface area contributed by atoms with Crippen molar-refractivity contribution in [3.05, 3.63) is 46.2 Å². The number of nitro benzene ring substituents is 1. The Hall–Kier alpha value is -2.28. The molecule has 19 heavy (non-hydrogen) atoms.